The summed E-state index contributed by atoms with van der Waals surface area (Å²) in [6.45, 7) is 2.05. The normalized spacial score (nSPS) is 13.8. The monoisotopic (exact) mass is 287 g/mol. The van der Waals surface area contributed by atoms with Crippen LogP contribution in [0.4, 0.5) is 0 Å². The van der Waals surface area contributed by atoms with Gasteiger partial charge >= 0.3 is 0 Å². The fraction of sp³-hybridized carbons (Fsp3) is 0.294. The van der Waals surface area contributed by atoms with Gasteiger partial charge in [-0.25, -0.2) is 0 Å². The van der Waals surface area contributed by atoms with Crippen molar-refractivity contribution < 1.29 is 4.74 Å². The van der Waals surface area contributed by atoms with Gasteiger partial charge in [0.15, 0.2) is 0 Å². The van der Waals surface area contributed by atoms with Crippen molar-refractivity contribution in [1.82, 2.24) is 0 Å². The predicted molar refractivity (Wildman–Crippen MR) is 87.1 cm³/mol. The van der Waals surface area contributed by atoms with E-state index in [2.05, 4.69) is 37.3 Å². The molecule has 0 aromatic heterocycles. The minimum Gasteiger partial charge on any atom is -0.496 e. The van der Waals surface area contributed by atoms with E-state index in [0.29, 0.717) is 0 Å². The van der Waals surface area contributed by atoms with Crippen LogP contribution in [0.2, 0.25) is 0 Å². The molecule has 20 heavy (non-hydrogen) atoms. The first-order valence-electron chi connectivity index (χ1n) is 6.76. The van der Waals surface area contributed by atoms with Crippen molar-refractivity contribution in [2.24, 2.45) is 5.73 Å². The average Bonchev–Trinajstić information content (AvgIpc) is 2.48. The molecule has 0 aliphatic carbocycles. The minimum atomic E-state index is 0.0695. The highest BCUT2D eigenvalue weighted by Gasteiger charge is 2.20. The molecular formula is C17H21NOS. The van der Waals surface area contributed by atoms with E-state index >= 15 is 0 Å². The van der Waals surface area contributed by atoms with E-state index in [9.17, 15) is 0 Å². The van der Waals surface area contributed by atoms with Crippen molar-refractivity contribution in [3.63, 3.8) is 0 Å². The second-order valence-electron chi connectivity index (χ2n) is 4.82. The molecule has 2 atom stereocenters. The fourth-order valence-electron chi connectivity index (χ4n) is 2.19. The van der Waals surface area contributed by atoms with Crippen LogP contribution in [0.3, 0.4) is 0 Å². The molecule has 0 aliphatic rings. The van der Waals surface area contributed by atoms with Crippen LogP contribution >= 0.6 is 11.8 Å². The Bertz CT molecular complexity index is 528. The fourth-order valence-corrected chi connectivity index (χ4v) is 3.43. The number of hydrogen-bond donors (Lipinski definition) is 1. The highest BCUT2D eigenvalue weighted by Crippen LogP contribution is 2.38. The third kappa shape index (κ3) is 3.78. The molecule has 2 nitrogen and oxygen atoms in total. The molecule has 106 valence electrons. The SMILES string of the molecule is COc1ccccc1C(SCc1ccccc1)C(C)N. The van der Waals surface area contributed by atoms with E-state index in [0.717, 1.165) is 11.5 Å². The Morgan fingerprint density at radius 3 is 2.35 bits per heavy atom. The van der Waals surface area contributed by atoms with Crippen LogP contribution < -0.4 is 10.5 Å². The number of hydrogen-bond acceptors (Lipinski definition) is 3. The van der Waals surface area contributed by atoms with Gasteiger partial charge in [-0.3, -0.25) is 0 Å². The Morgan fingerprint density at radius 2 is 1.70 bits per heavy atom. The van der Waals surface area contributed by atoms with E-state index < -0.39 is 0 Å². The van der Waals surface area contributed by atoms with E-state index in [-0.39, 0.29) is 11.3 Å². The summed E-state index contributed by atoms with van der Waals surface area (Å²) in [5.74, 6) is 1.86. The van der Waals surface area contributed by atoms with E-state index in [1.807, 2.05) is 36.0 Å². The molecule has 2 N–H and O–H groups in total. The number of nitrogens with two attached hydrogens (primary N) is 1. The molecule has 0 spiro atoms. The van der Waals surface area contributed by atoms with Gasteiger partial charge in [0.1, 0.15) is 5.75 Å². The molecule has 3 heteroatoms. The Hall–Kier alpha value is -1.45. The smallest absolute Gasteiger partial charge is 0.123 e. The molecule has 2 rings (SSSR count). The summed E-state index contributed by atoms with van der Waals surface area (Å²) in [6, 6.07) is 18.7. The van der Waals surface area contributed by atoms with Crippen LogP contribution in [0.25, 0.3) is 0 Å². The molecular weight excluding hydrogens is 266 g/mol. The summed E-state index contributed by atoms with van der Waals surface area (Å²) in [6.07, 6.45) is 0. The summed E-state index contributed by atoms with van der Waals surface area (Å²) in [4.78, 5) is 0. The van der Waals surface area contributed by atoms with Crippen LogP contribution in [0, 0.1) is 0 Å². The molecule has 0 saturated carbocycles. The van der Waals surface area contributed by atoms with Gasteiger partial charge < -0.3 is 10.5 Å². The van der Waals surface area contributed by atoms with Crippen molar-refractivity contribution in [3.05, 3.63) is 65.7 Å². The van der Waals surface area contributed by atoms with Crippen molar-refractivity contribution in [3.8, 4) is 5.75 Å². The standard InChI is InChI=1S/C17H21NOS/c1-13(18)17(15-10-6-7-11-16(15)19-2)20-12-14-8-4-3-5-9-14/h3-11,13,17H,12,18H2,1-2H3. The van der Waals surface area contributed by atoms with Gasteiger partial charge in [-0.05, 0) is 18.6 Å². The Morgan fingerprint density at radius 1 is 1.05 bits per heavy atom. The number of methoxy groups -OCH3 is 1. The molecule has 0 bridgehead atoms. The van der Waals surface area contributed by atoms with Crippen LogP contribution in [0.5, 0.6) is 5.75 Å². The lowest BCUT2D eigenvalue weighted by Crippen LogP contribution is -2.23. The van der Waals surface area contributed by atoms with Gasteiger partial charge in [-0.15, -0.1) is 11.8 Å². The van der Waals surface area contributed by atoms with E-state index in [1.54, 1.807) is 7.11 Å². The molecule has 2 unspecified atom stereocenters. The summed E-state index contributed by atoms with van der Waals surface area (Å²) in [5, 5.41) is 0.228. The number of para-hydroxylation sites is 1. The first-order valence-corrected chi connectivity index (χ1v) is 7.81. The summed E-state index contributed by atoms with van der Waals surface area (Å²) in [7, 11) is 1.71. The van der Waals surface area contributed by atoms with E-state index in [4.69, 9.17) is 10.5 Å². The highest BCUT2D eigenvalue weighted by molar-refractivity contribution is 7.98. The lowest BCUT2D eigenvalue weighted by atomic mass is 10.1. The zero-order valence-electron chi connectivity index (χ0n) is 12.0. The van der Waals surface area contributed by atoms with Gasteiger partial charge in [0, 0.05) is 22.6 Å². The van der Waals surface area contributed by atoms with Crippen LogP contribution in [-0.2, 0) is 5.75 Å². The van der Waals surface area contributed by atoms with Crippen molar-refractivity contribution >= 4 is 11.8 Å². The predicted octanol–water partition coefficient (Wildman–Crippen LogP) is 4.02. The van der Waals surface area contributed by atoms with Crippen molar-refractivity contribution in [2.75, 3.05) is 7.11 Å². The molecule has 0 radical (unpaired) electrons. The summed E-state index contributed by atoms with van der Waals surface area (Å²) < 4.78 is 5.46. The third-order valence-corrected chi connectivity index (χ3v) is 4.74. The first kappa shape index (κ1) is 14.9. The molecule has 2 aromatic rings. The van der Waals surface area contributed by atoms with Gasteiger partial charge in [0.25, 0.3) is 0 Å². The molecule has 0 amide bonds. The van der Waals surface area contributed by atoms with Crippen molar-refractivity contribution in [1.29, 1.82) is 0 Å². The minimum absolute atomic E-state index is 0.0695. The Balaban J connectivity index is 2.15. The Kier molecular flexibility index (Phi) is 5.50. The lowest BCUT2D eigenvalue weighted by molar-refractivity contribution is 0.408. The molecule has 2 aromatic carbocycles. The summed E-state index contributed by atoms with van der Waals surface area (Å²) >= 11 is 1.86. The van der Waals surface area contributed by atoms with E-state index in [1.165, 1.54) is 11.1 Å². The van der Waals surface area contributed by atoms with Gasteiger partial charge in [-0.2, -0.15) is 0 Å². The van der Waals surface area contributed by atoms with Gasteiger partial charge in [-0.1, -0.05) is 48.5 Å². The maximum absolute atomic E-state index is 6.18. The van der Waals surface area contributed by atoms with Gasteiger partial charge in [0.2, 0.25) is 0 Å². The number of ether oxygens (including phenoxy) is 1. The quantitative estimate of drug-likeness (QED) is 0.871. The number of thioether (sulfide) groups is 1. The molecule has 0 fully saturated rings. The van der Waals surface area contributed by atoms with Crippen LogP contribution in [0.1, 0.15) is 23.3 Å². The maximum Gasteiger partial charge on any atom is 0.123 e. The average molecular weight is 287 g/mol. The maximum atomic E-state index is 6.18. The van der Waals surface area contributed by atoms with Crippen LogP contribution in [-0.4, -0.2) is 13.2 Å². The van der Waals surface area contributed by atoms with Crippen LogP contribution in [0.15, 0.2) is 54.6 Å². The van der Waals surface area contributed by atoms with Crippen molar-refractivity contribution in [2.45, 2.75) is 24.0 Å². The second kappa shape index (κ2) is 7.36. The molecule has 0 heterocycles. The second-order valence-corrected chi connectivity index (χ2v) is 5.95. The first-order chi connectivity index (χ1) is 9.72. The zero-order valence-corrected chi connectivity index (χ0v) is 12.8. The van der Waals surface area contributed by atoms with Gasteiger partial charge in [0.05, 0.1) is 7.11 Å². The third-order valence-electron chi connectivity index (χ3n) is 3.20. The highest BCUT2D eigenvalue weighted by atomic mass is 32.2. The largest absolute Gasteiger partial charge is 0.496 e. The summed E-state index contributed by atoms with van der Waals surface area (Å²) in [5.41, 5.74) is 8.67. The number of rotatable bonds is 6. The zero-order chi connectivity index (χ0) is 14.4. The molecule has 0 aliphatic heterocycles. The Labute approximate surface area is 125 Å². The lowest BCUT2D eigenvalue weighted by Gasteiger charge is -2.23. The molecule has 0 saturated heterocycles. The topological polar surface area (TPSA) is 35.2 Å². The number of benzene rings is 2.